The van der Waals surface area contributed by atoms with E-state index in [0.29, 0.717) is 11.3 Å². The molecule has 0 spiro atoms. The van der Waals surface area contributed by atoms with Gasteiger partial charge in [-0.05, 0) is 42.0 Å². The number of allylic oxidation sites excluding steroid dienone is 1. The maximum atomic E-state index is 12.5. The topological polar surface area (TPSA) is 101 Å². The number of carboxylic acid groups (broad SMARTS) is 1. The van der Waals surface area contributed by atoms with Crippen LogP contribution >= 0.6 is 0 Å². The molecule has 0 saturated carbocycles. The molecule has 0 atom stereocenters. The number of ketones is 2. The summed E-state index contributed by atoms with van der Waals surface area (Å²) in [4.78, 5) is 46.9. The predicted molar refractivity (Wildman–Crippen MR) is 90.8 cm³/mol. The molecule has 0 unspecified atom stereocenters. The molecule has 0 bridgehead atoms. The zero-order valence-electron chi connectivity index (χ0n) is 13.2. The molecule has 0 fully saturated rings. The van der Waals surface area contributed by atoms with Crippen LogP contribution in [0.25, 0.3) is 6.08 Å². The first-order valence-corrected chi connectivity index (χ1v) is 7.43. The molecule has 1 amide bonds. The molecule has 0 saturated heterocycles. The molecule has 6 nitrogen and oxygen atoms in total. The summed E-state index contributed by atoms with van der Waals surface area (Å²) in [6.45, 7) is 1.40. The van der Waals surface area contributed by atoms with E-state index in [4.69, 9.17) is 5.11 Å². The first-order valence-electron chi connectivity index (χ1n) is 7.43. The lowest BCUT2D eigenvalue weighted by atomic mass is 10.1. The van der Waals surface area contributed by atoms with Crippen LogP contribution in [0.3, 0.4) is 0 Å². The average Bonchev–Trinajstić information content (AvgIpc) is 2.80. The van der Waals surface area contributed by atoms with E-state index < -0.39 is 17.5 Å². The van der Waals surface area contributed by atoms with Crippen LogP contribution in [0.15, 0.2) is 48.0 Å². The highest BCUT2D eigenvalue weighted by Gasteiger charge is 2.33. The van der Waals surface area contributed by atoms with Crippen LogP contribution in [0.2, 0.25) is 0 Å². The standard InChI is InChI=1S/C19H13NO5/c1-10(21)20-13-5-2-11(3-6-13)8-16-17(22)14-7-4-12(19(24)25)9-15(14)18(16)23/h2-9H,1H3,(H,20,21)(H,24,25)/b16-8-. The third-order valence-electron chi connectivity index (χ3n) is 3.79. The Morgan fingerprint density at radius 2 is 1.60 bits per heavy atom. The van der Waals surface area contributed by atoms with Crippen LogP contribution in [-0.2, 0) is 4.79 Å². The Morgan fingerprint density at radius 3 is 2.20 bits per heavy atom. The van der Waals surface area contributed by atoms with Gasteiger partial charge in [0.25, 0.3) is 0 Å². The predicted octanol–water partition coefficient (Wildman–Crippen LogP) is 2.81. The number of Topliss-reactive ketones (excluding diaryl/α,β-unsaturated/α-hetero) is 2. The van der Waals surface area contributed by atoms with Crippen molar-refractivity contribution >= 4 is 35.2 Å². The van der Waals surface area contributed by atoms with Gasteiger partial charge in [-0.15, -0.1) is 0 Å². The molecule has 2 N–H and O–H groups in total. The summed E-state index contributed by atoms with van der Waals surface area (Å²) in [7, 11) is 0. The van der Waals surface area contributed by atoms with E-state index in [0.717, 1.165) is 0 Å². The molecule has 0 aromatic heterocycles. The Kier molecular flexibility index (Phi) is 4.02. The van der Waals surface area contributed by atoms with Gasteiger partial charge in [0.05, 0.1) is 11.1 Å². The van der Waals surface area contributed by atoms with Crippen LogP contribution in [-0.4, -0.2) is 28.5 Å². The van der Waals surface area contributed by atoms with E-state index in [1.807, 2.05) is 0 Å². The second-order valence-electron chi connectivity index (χ2n) is 5.58. The lowest BCUT2D eigenvalue weighted by Crippen LogP contribution is -2.05. The number of benzene rings is 2. The largest absolute Gasteiger partial charge is 0.478 e. The maximum Gasteiger partial charge on any atom is 0.335 e. The maximum absolute atomic E-state index is 12.5. The molecule has 0 radical (unpaired) electrons. The number of nitrogens with one attached hydrogen (secondary N) is 1. The number of carboxylic acids is 1. The van der Waals surface area contributed by atoms with Gasteiger partial charge in [0.15, 0.2) is 11.6 Å². The number of amides is 1. The van der Waals surface area contributed by atoms with Crippen molar-refractivity contribution in [1.82, 2.24) is 0 Å². The number of anilines is 1. The lowest BCUT2D eigenvalue weighted by Gasteiger charge is -2.02. The molecular formula is C19H13NO5. The van der Waals surface area contributed by atoms with Crippen LogP contribution in [0.5, 0.6) is 0 Å². The molecular weight excluding hydrogens is 322 g/mol. The molecule has 1 aliphatic carbocycles. The number of carbonyl (C=O) groups excluding carboxylic acids is 3. The second kappa shape index (κ2) is 6.16. The van der Waals surface area contributed by atoms with Crippen molar-refractivity contribution in [1.29, 1.82) is 0 Å². The van der Waals surface area contributed by atoms with Gasteiger partial charge in [-0.1, -0.05) is 12.1 Å². The van der Waals surface area contributed by atoms with Crippen molar-refractivity contribution in [3.8, 4) is 0 Å². The van der Waals surface area contributed by atoms with Crippen molar-refractivity contribution in [2.75, 3.05) is 5.32 Å². The highest BCUT2D eigenvalue weighted by Crippen LogP contribution is 2.29. The van der Waals surface area contributed by atoms with Gasteiger partial charge in [-0.2, -0.15) is 0 Å². The van der Waals surface area contributed by atoms with Gasteiger partial charge in [-0.3, -0.25) is 14.4 Å². The molecule has 0 heterocycles. The average molecular weight is 335 g/mol. The van der Waals surface area contributed by atoms with Crippen LogP contribution in [0.1, 0.15) is 43.6 Å². The fourth-order valence-electron chi connectivity index (χ4n) is 2.62. The van der Waals surface area contributed by atoms with Gasteiger partial charge in [-0.25, -0.2) is 4.79 Å². The number of hydrogen-bond acceptors (Lipinski definition) is 4. The number of rotatable bonds is 3. The summed E-state index contributed by atoms with van der Waals surface area (Å²) in [5.74, 6) is -2.28. The Balaban J connectivity index is 1.94. The van der Waals surface area contributed by atoms with Crippen molar-refractivity contribution in [3.63, 3.8) is 0 Å². The fourth-order valence-corrected chi connectivity index (χ4v) is 2.62. The Hall–Kier alpha value is -3.54. The molecule has 0 aliphatic heterocycles. The minimum Gasteiger partial charge on any atom is -0.478 e. The zero-order valence-corrected chi connectivity index (χ0v) is 13.2. The first-order chi connectivity index (χ1) is 11.9. The Bertz CT molecular complexity index is 954. The first kappa shape index (κ1) is 16.3. The van der Waals surface area contributed by atoms with Gasteiger partial charge in [0.1, 0.15) is 0 Å². The summed E-state index contributed by atoms with van der Waals surface area (Å²) in [5, 5.41) is 11.6. The molecule has 1 aliphatic rings. The Morgan fingerprint density at radius 1 is 0.960 bits per heavy atom. The summed E-state index contributed by atoms with van der Waals surface area (Å²) < 4.78 is 0. The monoisotopic (exact) mass is 335 g/mol. The van der Waals surface area contributed by atoms with Gasteiger partial charge in [0, 0.05) is 23.7 Å². The van der Waals surface area contributed by atoms with E-state index in [-0.39, 0.29) is 28.2 Å². The minimum atomic E-state index is -1.16. The Labute approximate surface area is 142 Å². The van der Waals surface area contributed by atoms with Gasteiger partial charge < -0.3 is 10.4 Å². The van der Waals surface area contributed by atoms with E-state index in [9.17, 15) is 19.2 Å². The quantitative estimate of drug-likeness (QED) is 0.663. The molecule has 6 heteroatoms. The lowest BCUT2D eigenvalue weighted by molar-refractivity contribution is -0.114. The van der Waals surface area contributed by atoms with Crippen molar-refractivity contribution in [2.24, 2.45) is 0 Å². The normalized spacial score (nSPS) is 14.5. The SMILES string of the molecule is CC(=O)Nc1ccc(/C=C2/C(=O)c3ccc(C(=O)O)cc3C2=O)cc1. The highest BCUT2D eigenvalue weighted by molar-refractivity contribution is 6.41. The van der Waals surface area contributed by atoms with Crippen LogP contribution in [0, 0.1) is 0 Å². The van der Waals surface area contributed by atoms with Gasteiger partial charge >= 0.3 is 5.97 Å². The third kappa shape index (κ3) is 3.10. The summed E-state index contributed by atoms with van der Waals surface area (Å²) in [6, 6.07) is 10.5. The zero-order chi connectivity index (χ0) is 18.1. The van der Waals surface area contributed by atoms with E-state index in [2.05, 4.69) is 5.32 Å². The van der Waals surface area contributed by atoms with E-state index in [1.54, 1.807) is 24.3 Å². The van der Waals surface area contributed by atoms with Crippen LogP contribution in [0.4, 0.5) is 5.69 Å². The van der Waals surface area contributed by atoms with Crippen molar-refractivity contribution < 1.29 is 24.3 Å². The smallest absolute Gasteiger partial charge is 0.335 e. The van der Waals surface area contributed by atoms with Gasteiger partial charge in [0.2, 0.25) is 5.91 Å². The highest BCUT2D eigenvalue weighted by atomic mass is 16.4. The molecule has 2 aromatic carbocycles. The second-order valence-corrected chi connectivity index (χ2v) is 5.58. The number of fused-ring (bicyclic) bond motifs is 1. The summed E-state index contributed by atoms with van der Waals surface area (Å²) in [5.41, 5.74) is 1.48. The molecule has 2 aromatic rings. The summed E-state index contributed by atoms with van der Waals surface area (Å²) in [6.07, 6.45) is 1.46. The summed E-state index contributed by atoms with van der Waals surface area (Å²) >= 11 is 0. The van der Waals surface area contributed by atoms with E-state index in [1.165, 1.54) is 31.2 Å². The number of aromatic carboxylic acids is 1. The number of hydrogen-bond donors (Lipinski definition) is 2. The third-order valence-corrected chi connectivity index (χ3v) is 3.79. The fraction of sp³-hybridized carbons (Fsp3) is 0.0526. The molecule has 124 valence electrons. The minimum absolute atomic E-state index is 0.00943. The number of carbonyl (C=O) groups is 4. The van der Waals surface area contributed by atoms with Crippen molar-refractivity contribution in [2.45, 2.75) is 6.92 Å². The van der Waals surface area contributed by atoms with Crippen LogP contribution < -0.4 is 5.32 Å². The van der Waals surface area contributed by atoms with E-state index >= 15 is 0 Å². The molecule has 3 rings (SSSR count). The molecule has 25 heavy (non-hydrogen) atoms. The van der Waals surface area contributed by atoms with Crippen molar-refractivity contribution in [3.05, 3.63) is 70.3 Å².